The third-order valence-corrected chi connectivity index (χ3v) is 6.58. The number of anilines is 1. The largest absolute Gasteiger partial charge is 0.383 e. The summed E-state index contributed by atoms with van der Waals surface area (Å²) in [5.74, 6) is 0.763. The molecule has 0 spiro atoms. The van der Waals surface area contributed by atoms with Crippen LogP contribution in [0.2, 0.25) is 0 Å². The fraction of sp³-hybridized carbons (Fsp3) is 0.409. The molecule has 1 aliphatic rings. The Balaban J connectivity index is 1.65. The lowest BCUT2D eigenvalue weighted by Gasteiger charge is -2.36. The van der Waals surface area contributed by atoms with E-state index in [-0.39, 0.29) is 11.9 Å². The van der Waals surface area contributed by atoms with Gasteiger partial charge in [0, 0.05) is 43.3 Å². The summed E-state index contributed by atoms with van der Waals surface area (Å²) in [5.41, 5.74) is 1.13. The highest BCUT2D eigenvalue weighted by Crippen LogP contribution is 2.34. The fourth-order valence-electron chi connectivity index (χ4n) is 3.98. The van der Waals surface area contributed by atoms with Crippen LogP contribution in [-0.2, 0) is 11.2 Å². The summed E-state index contributed by atoms with van der Waals surface area (Å²) in [4.78, 5) is 25.0. The number of carbonyl (C=O) groups is 1. The van der Waals surface area contributed by atoms with Crippen LogP contribution in [0.4, 0.5) is 5.95 Å². The number of rotatable bonds is 7. The van der Waals surface area contributed by atoms with E-state index in [4.69, 9.17) is 4.74 Å². The van der Waals surface area contributed by atoms with E-state index in [1.165, 1.54) is 11.8 Å². The molecule has 0 unspecified atom stereocenters. The lowest BCUT2D eigenvalue weighted by molar-refractivity contribution is 0.0940. The number of nitrogens with zero attached hydrogens (tertiary/aromatic N) is 3. The summed E-state index contributed by atoms with van der Waals surface area (Å²) in [6, 6.07) is 10.4. The molecule has 3 aromatic rings. The Bertz CT molecular complexity index is 960. The van der Waals surface area contributed by atoms with Gasteiger partial charge in [0.1, 0.15) is 0 Å². The van der Waals surface area contributed by atoms with E-state index < -0.39 is 0 Å². The van der Waals surface area contributed by atoms with E-state index in [0.29, 0.717) is 13.2 Å². The number of methoxy groups -OCH3 is 1. The van der Waals surface area contributed by atoms with Crippen molar-refractivity contribution in [1.82, 2.24) is 15.3 Å². The molecule has 152 valence electrons. The standard InChI is InChI=1S/C22H26N4O2S/c1-28-14-12-23-21(27)20-18(17-8-2-3-9-19(17)29-20)15-16-7-4-5-13-26(16)22-24-10-6-11-25-22/h2-3,6,8-11,16H,4-5,7,12-15H2,1H3,(H,23,27)/t16-/m0/s1. The van der Waals surface area contributed by atoms with Gasteiger partial charge in [-0.2, -0.15) is 0 Å². The monoisotopic (exact) mass is 410 g/mol. The maximum atomic E-state index is 12.9. The van der Waals surface area contributed by atoms with Crippen molar-refractivity contribution < 1.29 is 9.53 Å². The van der Waals surface area contributed by atoms with Crippen LogP contribution in [0.3, 0.4) is 0 Å². The minimum Gasteiger partial charge on any atom is -0.383 e. The van der Waals surface area contributed by atoms with Gasteiger partial charge in [0.15, 0.2) is 0 Å². The number of thiophene rings is 1. The molecule has 29 heavy (non-hydrogen) atoms. The Morgan fingerprint density at radius 2 is 2.07 bits per heavy atom. The number of amides is 1. The van der Waals surface area contributed by atoms with E-state index in [1.807, 2.05) is 18.2 Å². The van der Waals surface area contributed by atoms with Crippen LogP contribution < -0.4 is 10.2 Å². The summed E-state index contributed by atoms with van der Waals surface area (Å²) < 4.78 is 6.22. The quantitative estimate of drug-likeness (QED) is 0.602. The van der Waals surface area contributed by atoms with Crippen molar-refractivity contribution in [3.63, 3.8) is 0 Å². The van der Waals surface area contributed by atoms with Crippen LogP contribution in [0, 0.1) is 0 Å². The van der Waals surface area contributed by atoms with Crippen molar-refractivity contribution in [1.29, 1.82) is 0 Å². The van der Waals surface area contributed by atoms with Gasteiger partial charge in [-0.25, -0.2) is 9.97 Å². The molecule has 1 fully saturated rings. The number of carbonyl (C=O) groups excluding carboxylic acids is 1. The van der Waals surface area contributed by atoms with Gasteiger partial charge in [-0.15, -0.1) is 11.3 Å². The van der Waals surface area contributed by atoms with Gasteiger partial charge in [-0.1, -0.05) is 18.2 Å². The normalized spacial score (nSPS) is 16.9. The zero-order valence-corrected chi connectivity index (χ0v) is 17.5. The van der Waals surface area contributed by atoms with E-state index in [2.05, 4.69) is 32.3 Å². The number of benzene rings is 1. The van der Waals surface area contributed by atoms with Gasteiger partial charge >= 0.3 is 0 Å². The molecule has 0 radical (unpaired) electrons. The summed E-state index contributed by atoms with van der Waals surface area (Å²) in [6.45, 7) is 1.97. The molecule has 1 N–H and O–H groups in total. The fourth-order valence-corrected chi connectivity index (χ4v) is 5.13. The van der Waals surface area contributed by atoms with E-state index in [1.54, 1.807) is 30.8 Å². The Kier molecular flexibility index (Phi) is 6.36. The first-order valence-corrected chi connectivity index (χ1v) is 10.9. The van der Waals surface area contributed by atoms with Crippen molar-refractivity contribution in [2.45, 2.75) is 31.7 Å². The molecule has 0 bridgehead atoms. The maximum absolute atomic E-state index is 12.9. The Morgan fingerprint density at radius 1 is 1.24 bits per heavy atom. The first-order chi connectivity index (χ1) is 14.3. The first-order valence-electron chi connectivity index (χ1n) is 10.1. The number of ether oxygens (including phenoxy) is 1. The van der Waals surface area contributed by atoms with Crippen molar-refractivity contribution in [3.8, 4) is 0 Å². The van der Waals surface area contributed by atoms with Crippen LogP contribution >= 0.6 is 11.3 Å². The highest BCUT2D eigenvalue weighted by Gasteiger charge is 2.28. The average molecular weight is 411 g/mol. The first kappa shape index (κ1) is 19.8. The van der Waals surface area contributed by atoms with Crippen molar-refractivity contribution >= 4 is 33.3 Å². The van der Waals surface area contributed by atoms with Gasteiger partial charge in [-0.05, 0) is 48.8 Å². The third kappa shape index (κ3) is 4.41. The second-order valence-electron chi connectivity index (χ2n) is 7.25. The molecular formula is C22H26N4O2S. The van der Waals surface area contributed by atoms with Gasteiger partial charge in [-0.3, -0.25) is 4.79 Å². The molecule has 1 aromatic carbocycles. The van der Waals surface area contributed by atoms with Gasteiger partial charge in [0.25, 0.3) is 5.91 Å². The van der Waals surface area contributed by atoms with Crippen molar-refractivity contribution in [2.75, 3.05) is 31.7 Å². The molecule has 1 saturated heterocycles. The molecule has 7 heteroatoms. The second-order valence-corrected chi connectivity index (χ2v) is 8.30. The maximum Gasteiger partial charge on any atom is 0.261 e. The second kappa shape index (κ2) is 9.33. The zero-order chi connectivity index (χ0) is 20.1. The van der Waals surface area contributed by atoms with Crippen molar-refractivity contribution in [2.24, 2.45) is 0 Å². The molecule has 1 amide bonds. The molecule has 0 aliphatic carbocycles. The highest BCUT2D eigenvalue weighted by atomic mass is 32.1. The molecule has 4 rings (SSSR count). The van der Waals surface area contributed by atoms with Crippen LogP contribution in [0.1, 0.15) is 34.5 Å². The minimum absolute atomic E-state index is 0.0171. The number of fused-ring (bicyclic) bond motifs is 1. The van der Waals surface area contributed by atoms with Crippen LogP contribution in [0.15, 0.2) is 42.7 Å². The average Bonchev–Trinajstić information content (AvgIpc) is 3.13. The number of aromatic nitrogens is 2. The van der Waals surface area contributed by atoms with Gasteiger partial charge in [0.2, 0.25) is 5.95 Å². The number of piperidine rings is 1. The predicted octanol–water partition coefficient (Wildman–Crippen LogP) is 3.67. The molecular weight excluding hydrogens is 384 g/mol. The van der Waals surface area contributed by atoms with Crippen LogP contribution in [-0.4, -0.2) is 48.7 Å². The SMILES string of the molecule is COCCNC(=O)c1sc2ccccc2c1C[C@@H]1CCCCN1c1ncccn1. The molecule has 1 atom stereocenters. The Hall–Kier alpha value is -2.51. The molecule has 0 saturated carbocycles. The van der Waals surface area contributed by atoms with E-state index in [0.717, 1.165) is 46.9 Å². The topological polar surface area (TPSA) is 67.3 Å². The summed E-state index contributed by atoms with van der Waals surface area (Å²) in [6.07, 6.45) is 7.81. The number of hydrogen-bond acceptors (Lipinski definition) is 6. The summed E-state index contributed by atoms with van der Waals surface area (Å²) in [7, 11) is 1.64. The molecule has 6 nitrogen and oxygen atoms in total. The summed E-state index contributed by atoms with van der Waals surface area (Å²) in [5, 5.41) is 4.16. The molecule has 3 heterocycles. The van der Waals surface area contributed by atoms with Gasteiger partial charge < -0.3 is 15.0 Å². The number of hydrogen-bond donors (Lipinski definition) is 1. The highest BCUT2D eigenvalue weighted by molar-refractivity contribution is 7.21. The van der Waals surface area contributed by atoms with Crippen LogP contribution in [0.5, 0.6) is 0 Å². The molecule has 1 aliphatic heterocycles. The third-order valence-electron chi connectivity index (χ3n) is 5.37. The number of nitrogens with one attached hydrogen (secondary N) is 1. The van der Waals surface area contributed by atoms with Crippen molar-refractivity contribution in [3.05, 3.63) is 53.2 Å². The molecule has 2 aromatic heterocycles. The zero-order valence-electron chi connectivity index (χ0n) is 16.6. The lowest BCUT2D eigenvalue weighted by Crippen LogP contribution is -2.42. The van der Waals surface area contributed by atoms with Crippen LogP contribution in [0.25, 0.3) is 10.1 Å². The smallest absolute Gasteiger partial charge is 0.261 e. The Labute approximate surface area is 174 Å². The minimum atomic E-state index is -0.0171. The Morgan fingerprint density at radius 3 is 2.90 bits per heavy atom. The van der Waals surface area contributed by atoms with Gasteiger partial charge in [0.05, 0.1) is 11.5 Å². The lowest BCUT2D eigenvalue weighted by atomic mass is 9.94. The summed E-state index contributed by atoms with van der Waals surface area (Å²) >= 11 is 1.57. The van der Waals surface area contributed by atoms with E-state index in [9.17, 15) is 4.79 Å². The predicted molar refractivity (Wildman–Crippen MR) is 117 cm³/mol. The van der Waals surface area contributed by atoms with E-state index >= 15 is 0 Å².